The smallest absolute Gasteiger partial charge is 0.302 e. The summed E-state index contributed by atoms with van der Waals surface area (Å²) in [6.07, 6.45) is 3.31. The summed E-state index contributed by atoms with van der Waals surface area (Å²) in [5, 5.41) is 4.26. The lowest BCUT2D eigenvalue weighted by atomic mass is 9.89. The lowest BCUT2D eigenvalue weighted by molar-refractivity contribution is -0.151. The molecule has 0 aliphatic heterocycles. The zero-order valence-electron chi connectivity index (χ0n) is 17.1. The van der Waals surface area contributed by atoms with E-state index in [1.54, 1.807) is 20.4 Å². The Morgan fingerprint density at radius 1 is 1.11 bits per heavy atom. The number of rotatable bonds is 8. The number of carbonyl (C=O) groups excluding carboxylic acids is 1. The Bertz CT molecular complexity index is 636. The molecular weight excluding hydrogens is 346 g/mol. The molecule has 0 spiro atoms. The van der Waals surface area contributed by atoms with Crippen LogP contribution in [0.15, 0.2) is 23.4 Å². The fourth-order valence-corrected chi connectivity index (χ4v) is 3.91. The summed E-state index contributed by atoms with van der Waals surface area (Å²) in [6, 6.07) is 5.56. The second-order valence-corrected chi connectivity index (χ2v) is 7.34. The van der Waals surface area contributed by atoms with Gasteiger partial charge in [0.25, 0.3) is 0 Å². The van der Waals surface area contributed by atoms with Crippen molar-refractivity contribution in [3.63, 3.8) is 0 Å². The maximum absolute atomic E-state index is 11.4. The summed E-state index contributed by atoms with van der Waals surface area (Å²) < 4.78 is 16.2. The van der Waals surface area contributed by atoms with Gasteiger partial charge in [0.2, 0.25) is 0 Å². The SMILES string of the molecule is COc1cccc(OC)c1/C=N/O[C@H]1[C@@H]([C@@H](C)OC(C)=O)CC[C@H]1C(C)C. The van der Waals surface area contributed by atoms with Crippen molar-refractivity contribution in [3.8, 4) is 11.5 Å². The van der Waals surface area contributed by atoms with Gasteiger partial charge in [-0.2, -0.15) is 0 Å². The molecule has 0 heterocycles. The van der Waals surface area contributed by atoms with Crippen molar-refractivity contribution in [3.05, 3.63) is 23.8 Å². The van der Waals surface area contributed by atoms with E-state index >= 15 is 0 Å². The molecule has 1 aliphatic rings. The van der Waals surface area contributed by atoms with Crippen LogP contribution in [0, 0.1) is 17.8 Å². The van der Waals surface area contributed by atoms with E-state index in [1.165, 1.54) is 6.92 Å². The van der Waals surface area contributed by atoms with E-state index in [2.05, 4.69) is 19.0 Å². The molecule has 0 bridgehead atoms. The molecule has 0 amide bonds. The first-order valence-corrected chi connectivity index (χ1v) is 9.46. The van der Waals surface area contributed by atoms with Crippen molar-refractivity contribution in [2.24, 2.45) is 22.9 Å². The average molecular weight is 377 g/mol. The van der Waals surface area contributed by atoms with Crippen LogP contribution in [0.4, 0.5) is 0 Å². The first kappa shape index (κ1) is 21.1. The van der Waals surface area contributed by atoms with Crippen LogP contribution in [0.3, 0.4) is 0 Å². The normalized spacial score (nSPS) is 23.4. The number of oxime groups is 1. The van der Waals surface area contributed by atoms with Gasteiger partial charge in [-0.05, 0) is 37.8 Å². The van der Waals surface area contributed by atoms with Crippen molar-refractivity contribution in [2.75, 3.05) is 14.2 Å². The number of hydrogen-bond donors (Lipinski definition) is 0. The van der Waals surface area contributed by atoms with Gasteiger partial charge in [-0.15, -0.1) is 0 Å². The van der Waals surface area contributed by atoms with E-state index < -0.39 is 0 Å². The fourth-order valence-electron chi connectivity index (χ4n) is 3.91. The van der Waals surface area contributed by atoms with Crippen LogP contribution in [0.2, 0.25) is 0 Å². The highest BCUT2D eigenvalue weighted by Crippen LogP contribution is 2.41. The predicted molar refractivity (Wildman–Crippen MR) is 104 cm³/mol. The van der Waals surface area contributed by atoms with Crippen LogP contribution in [0.25, 0.3) is 0 Å². The van der Waals surface area contributed by atoms with Crippen LogP contribution >= 0.6 is 0 Å². The van der Waals surface area contributed by atoms with Gasteiger partial charge in [0.05, 0.1) is 26.0 Å². The number of benzene rings is 1. The van der Waals surface area contributed by atoms with E-state index in [1.807, 2.05) is 25.1 Å². The Morgan fingerprint density at radius 2 is 1.70 bits per heavy atom. The Labute approximate surface area is 161 Å². The van der Waals surface area contributed by atoms with Crippen LogP contribution in [-0.2, 0) is 14.4 Å². The van der Waals surface area contributed by atoms with Crippen molar-refractivity contribution >= 4 is 12.2 Å². The van der Waals surface area contributed by atoms with Gasteiger partial charge < -0.3 is 19.0 Å². The number of hydrogen-bond acceptors (Lipinski definition) is 6. The second-order valence-electron chi connectivity index (χ2n) is 7.34. The zero-order chi connectivity index (χ0) is 20.0. The predicted octanol–water partition coefficient (Wildman–Crippen LogP) is 4.06. The minimum Gasteiger partial charge on any atom is -0.496 e. The Kier molecular flexibility index (Phi) is 7.51. The number of nitrogens with zero attached hydrogens (tertiary/aromatic N) is 1. The molecule has 1 fully saturated rings. The molecule has 0 aromatic heterocycles. The molecule has 1 aromatic carbocycles. The highest BCUT2D eigenvalue weighted by atomic mass is 16.6. The van der Waals surface area contributed by atoms with Crippen LogP contribution in [-0.4, -0.2) is 38.6 Å². The van der Waals surface area contributed by atoms with E-state index in [9.17, 15) is 4.79 Å². The maximum Gasteiger partial charge on any atom is 0.302 e. The van der Waals surface area contributed by atoms with Gasteiger partial charge in [0, 0.05) is 18.8 Å². The highest BCUT2D eigenvalue weighted by molar-refractivity contribution is 5.87. The molecule has 2 rings (SSSR count). The standard InChI is InChI=1S/C21H31NO5/c1-13(2)16-10-11-17(14(3)26-15(4)23)21(16)27-22-12-18-19(24-5)8-7-9-20(18)25-6/h7-9,12-14,16-17,21H,10-11H2,1-6H3/b22-12+/t14-,16+,17-,21-/m1/s1. The summed E-state index contributed by atoms with van der Waals surface area (Å²) >= 11 is 0. The van der Waals surface area contributed by atoms with Gasteiger partial charge in [-0.3, -0.25) is 4.79 Å². The lowest BCUT2D eigenvalue weighted by Crippen LogP contribution is -2.34. The first-order valence-electron chi connectivity index (χ1n) is 9.46. The molecule has 0 unspecified atom stereocenters. The van der Waals surface area contributed by atoms with E-state index in [0.29, 0.717) is 23.3 Å². The Hall–Kier alpha value is -2.24. The summed E-state index contributed by atoms with van der Waals surface area (Å²) in [5.41, 5.74) is 0.728. The minimum atomic E-state index is -0.267. The second kappa shape index (κ2) is 9.62. The molecule has 150 valence electrons. The number of ether oxygens (including phenoxy) is 3. The average Bonchev–Trinajstić information content (AvgIpc) is 3.05. The molecule has 6 heteroatoms. The Morgan fingerprint density at radius 3 is 2.22 bits per heavy atom. The van der Waals surface area contributed by atoms with Crippen LogP contribution < -0.4 is 9.47 Å². The van der Waals surface area contributed by atoms with Gasteiger partial charge in [0.15, 0.2) is 0 Å². The third-order valence-electron chi connectivity index (χ3n) is 5.32. The van der Waals surface area contributed by atoms with E-state index in [4.69, 9.17) is 19.0 Å². The van der Waals surface area contributed by atoms with Crippen molar-refractivity contribution < 1.29 is 23.8 Å². The fraction of sp³-hybridized carbons (Fsp3) is 0.619. The largest absolute Gasteiger partial charge is 0.496 e. The first-order chi connectivity index (χ1) is 12.9. The molecule has 1 saturated carbocycles. The topological polar surface area (TPSA) is 66.3 Å². The monoisotopic (exact) mass is 377 g/mol. The lowest BCUT2D eigenvalue weighted by Gasteiger charge is -2.28. The summed E-state index contributed by atoms with van der Waals surface area (Å²) in [5.74, 6) is 2.01. The van der Waals surface area contributed by atoms with Gasteiger partial charge in [0.1, 0.15) is 23.7 Å². The van der Waals surface area contributed by atoms with E-state index in [-0.39, 0.29) is 24.1 Å². The summed E-state index contributed by atoms with van der Waals surface area (Å²) in [6.45, 7) is 7.74. The quantitative estimate of drug-likeness (QED) is 0.388. The molecular formula is C21H31NO5. The maximum atomic E-state index is 11.4. The minimum absolute atomic E-state index is 0.101. The highest BCUT2D eigenvalue weighted by Gasteiger charge is 2.43. The third kappa shape index (κ3) is 5.15. The van der Waals surface area contributed by atoms with Gasteiger partial charge in [-0.25, -0.2) is 0 Å². The van der Waals surface area contributed by atoms with Crippen molar-refractivity contribution in [2.45, 2.75) is 52.7 Å². The number of methoxy groups -OCH3 is 2. The Balaban J connectivity index is 2.19. The third-order valence-corrected chi connectivity index (χ3v) is 5.32. The van der Waals surface area contributed by atoms with Gasteiger partial charge in [-0.1, -0.05) is 25.1 Å². The van der Waals surface area contributed by atoms with Crippen LogP contribution in [0.5, 0.6) is 11.5 Å². The molecule has 0 radical (unpaired) electrons. The van der Waals surface area contributed by atoms with Gasteiger partial charge >= 0.3 is 5.97 Å². The van der Waals surface area contributed by atoms with Crippen LogP contribution in [0.1, 0.15) is 46.1 Å². The zero-order valence-corrected chi connectivity index (χ0v) is 17.1. The van der Waals surface area contributed by atoms with Crippen molar-refractivity contribution in [1.82, 2.24) is 0 Å². The molecule has 1 aliphatic carbocycles. The molecule has 0 saturated heterocycles. The van der Waals surface area contributed by atoms with Crippen molar-refractivity contribution in [1.29, 1.82) is 0 Å². The molecule has 0 N–H and O–H groups in total. The molecule has 27 heavy (non-hydrogen) atoms. The van der Waals surface area contributed by atoms with E-state index in [0.717, 1.165) is 18.4 Å². The summed E-state index contributed by atoms with van der Waals surface area (Å²) in [7, 11) is 3.21. The molecule has 4 atom stereocenters. The number of esters is 1. The number of carbonyl (C=O) groups is 1. The molecule has 1 aromatic rings. The molecule has 6 nitrogen and oxygen atoms in total. The summed E-state index contributed by atoms with van der Waals surface area (Å²) in [4.78, 5) is 17.3.